The van der Waals surface area contributed by atoms with Crippen LogP contribution in [0.2, 0.25) is 0 Å². The van der Waals surface area contributed by atoms with Gasteiger partial charge in [-0.2, -0.15) is 0 Å². The van der Waals surface area contributed by atoms with Gasteiger partial charge >= 0.3 is 0 Å². The average Bonchev–Trinajstić information content (AvgIpc) is 3.49. The highest BCUT2D eigenvalue weighted by Gasteiger charge is 2.53. The van der Waals surface area contributed by atoms with E-state index in [9.17, 15) is 15.0 Å². The molecule has 2 N–H and O–H groups in total. The lowest BCUT2D eigenvalue weighted by atomic mass is 9.61. The second-order valence-electron chi connectivity index (χ2n) is 11.2. The fourth-order valence-electron chi connectivity index (χ4n) is 6.87. The molecular formula is C28H40O3S. The predicted octanol–water partition coefficient (Wildman–Crippen LogP) is 5.95. The van der Waals surface area contributed by atoms with Gasteiger partial charge in [0.15, 0.2) is 5.12 Å². The first-order chi connectivity index (χ1) is 15.2. The van der Waals surface area contributed by atoms with Crippen LogP contribution in [0, 0.1) is 28.6 Å². The van der Waals surface area contributed by atoms with Crippen LogP contribution in [0.5, 0.6) is 0 Å². The van der Waals surface area contributed by atoms with Crippen molar-refractivity contribution in [2.45, 2.75) is 90.3 Å². The monoisotopic (exact) mass is 456 g/mol. The normalized spacial score (nSPS) is 38.8. The van der Waals surface area contributed by atoms with Gasteiger partial charge in [-0.3, -0.25) is 4.79 Å². The molecule has 3 nitrogen and oxygen atoms in total. The van der Waals surface area contributed by atoms with E-state index in [1.165, 1.54) is 37.7 Å². The molecule has 0 bridgehead atoms. The highest BCUT2D eigenvalue weighted by molar-refractivity contribution is 7.96. The Kier molecular flexibility index (Phi) is 6.96. The summed E-state index contributed by atoms with van der Waals surface area (Å²) in [6.45, 7) is 8.73. The summed E-state index contributed by atoms with van der Waals surface area (Å²) in [6, 6.07) is 0. The van der Waals surface area contributed by atoms with E-state index in [0.29, 0.717) is 17.8 Å². The molecule has 0 aromatic heterocycles. The van der Waals surface area contributed by atoms with Gasteiger partial charge in [0.2, 0.25) is 0 Å². The lowest BCUT2D eigenvalue weighted by Gasteiger charge is -2.44. The maximum absolute atomic E-state index is 11.8. The third-order valence-electron chi connectivity index (χ3n) is 9.28. The van der Waals surface area contributed by atoms with E-state index >= 15 is 0 Å². The van der Waals surface area contributed by atoms with Crippen molar-refractivity contribution in [3.05, 3.63) is 47.6 Å². The topological polar surface area (TPSA) is 57.5 Å². The molecule has 4 rings (SSSR count). The summed E-state index contributed by atoms with van der Waals surface area (Å²) in [6.07, 6.45) is 17.9. The van der Waals surface area contributed by atoms with Crippen molar-refractivity contribution in [3.63, 3.8) is 0 Å². The van der Waals surface area contributed by atoms with E-state index in [2.05, 4.69) is 51.3 Å². The average molecular weight is 457 g/mol. The van der Waals surface area contributed by atoms with Gasteiger partial charge in [-0.25, -0.2) is 0 Å². The molecule has 4 fully saturated rings. The SMILES string of the molecule is C=C1CC/C(=C/C=C2\CCCC3(C)C2CCC3C(C)/C=C/C(O)C2(C(=O)S)CC2)CC1O. The number of rotatable bonds is 6. The Hall–Kier alpha value is -1.10. The first-order valence-electron chi connectivity index (χ1n) is 12.5. The Balaban J connectivity index is 1.45. The van der Waals surface area contributed by atoms with Crippen LogP contribution in [0.1, 0.15) is 78.1 Å². The minimum absolute atomic E-state index is 0.179. The van der Waals surface area contributed by atoms with E-state index < -0.39 is 11.5 Å². The van der Waals surface area contributed by atoms with Crippen molar-refractivity contribution in [1.29, 1.82) is 0 Å². The number of carbonyl (C=O) groups is 1. The molecule has 176 valence electrons. The minimum atomic E-state index is -0.713. The van der Waals surface area contributed by atoms with Gasteiger partial charge in [-0.05, 0) is 93.0 Å². The standard InChI is InChI=1S/C28H40O3S/c1-18(7-13-25(30)28(15-16-28)26(31)32)22-11-12-23-21(5-4-14-27(22,23)3)10-9-20-8-6-19(2)24(29)17-20/h7,9-10,13,18,22-25,29-30H,2,4-6,8,11-12,14-17H2,1,3H3,(H,31,32)/b13-7+,20-9-,21-10+. The zero-order valence-corrected chi connectivity index (χ0v) is 20.6. The molecule has 0 spiro atoms. The molecule has 32 heavy (non-hydrogen) atoms. The summed E-state index contributed by atoms with van der Waals surface area (Å²) in [5.74, 6) is 1.59. The molecule has 0 aliphatic heterocycles. The van der Waals surface area contributed by atoms with Gasteiger partial charge in [0.05, 0.1) is 17.6 Å². The van der Waals surface area contributed by atoms with Gasteiger partial charge in [0.1, 0.15) is 0 Å². The molecule has 0 heterocycles. The van der Waals surface area contributed by atoms with Crippen molar-refractivity contribution >= 4 is 17.7 Å². The highest BCUT2D eigenvalue weighted by Crippen LogP contribution is 2.59. The summed E-state index contributed by atoms with van der Waals surface area (Å²) in [5.41, 5.74) is 3.55. The van der Waals surface area contributed by atoms with Crippen molar-refractivity contribution < 1.29 is 15.0 Å². The second kappa shape index (κ2) is 9.27. The Bertz CT molecular complexity index is 849. The Morgan fingerprint density at radius 1 is 1.16 bits per heavy atom. The third-order valence-corrected chi connectivity index (χ3v) is 9.72. The van der Waals surface area contributed by atoms with E-state index in [-0.39, 0.29) is 16.6 Å². The summed E-state index contributed by atoms with van der Waals surface area (Å²) < 4.78 is 0. The Labute approximate surface area is 199 Å². The lowest BCUT2D eigenvalue weighted by Crippen LogP contribution is -2.35. The molecular weight excluding hydrogens is 416 g/mol. The van der Waals surface area contributed by atoms with Gasteiger partial charge in [0, 0.05) is 0 Å². The lowest BCUT2D eigenvalue weighted by molar-refractivity contribution is -0.118. The zero-order valence-electron chi connectivity index (χ0n) is 19.7. The Morgan fingerprint density at radius 3 is 2.56 bits per heavy atom. The fraction of sp³-hybridized carbons (Fsp3) is 0.679. The van der Waals surface area contributed by atoms with E-state index in [0.717, 1.165) is 37.7 Å². The first kappa shape index (κ1) is 24.0. The van der Waals surface area contributed by atoms with Crippen molar-refractivity contribution in [2.75, 3.05) is 0 Å². The third kappa shape index (κ3) is 4.48. The van der Waals surface area contributed by atoms with Crippen LogP contribution in [-0.4, -0.2) is 27.5 Å². The van der Waals surface area contributed by atoms with Crippen LogP contribution < -0.4 is 0 Å². The second-order valence-corrected chi connectivity index (χ2v) is 11.6. The molecule has 6 atom stereocenters. The number of fused-ring (bicyclic) bond motifs is 1. The Morgan fingerprint density at radius 2 is 1.91 bits per heavy atom. The molecule has 4 aliphatic carbocycles. The van der Waals surface area contributed by atoms with Crippen molar-refractivity contribution in [1.82, 2.24) is 0 Å². The summed E-state index contributed by atoms with van der Waals surface area (Å²) >= 11 is 4.00. The molecule has 4 heteroatoms. The number of carbonyl (C=O) groups excluding carboxylic acids is 1. The van der Waals surface area contributed by atoms with E-state index in [4.69, 9.17) is 0 Å². The van der Waals surface area contributed by atoms with Gasteiger partial charge < -0.3 is 10.2 Å². The summed E-state index contributed by atoms with van der Waals surface area (Å²) in [7, 11) is 0. The van der Waals surface area contributed by atoms with Crippen LogP contribution in [0.3, 0.4) is 0 Å². The number of aliphatic hydroxyl groups excluding tert-OH is 2. The highest BCUT2D eigenvalue weighted by atomic mass is 32.1. The van der Waals surface area contributed by atoms with Crippen LogP contribution in [0.25, 0.3) is 0 Å². The minimum Gasteiger partial charge on any atom is -0.388 e. The van der Waals surface area contributed by atoms with Crippen LogP contribution in [0.15, 0.2) is 47.6 Å². The van der Waals surface area contributed by atoms with Gasteiger partial charge in [0.25, 0.3) is 0 Å². The largest absolute Gasteiger partial charge is 0.388 e. The molecule has 0 aromatic rings. The molecule has 0 aromatic carbocycles. The molecule has 4 saturated carbocycles. The molecule has 0 amide bonds. The molecule has 6 unspecified atom stereocenters. The van der Waals surface area contributed by atoms with E-state index in [1.807, 2.05) is 6.08 Å². The molecule has 0 saturated heterocycles. The fourth-order valence-corrected chi connectivity index (χ4v) is 7.23. The van der Waals surface area contributed by atoms with Crippen LogP contribution in [0.4, 0.5) is 0 Å². The summed E-state index contributed by atoms with van der Waals surface area (Å²) in [5, 5.41) is 20.5. The number of aliphatic hydroxyl groups is 2. The quantitative estimate of drug-likeness (QED) is 0.342. The number of hydrogen-bond acceptors (Lipinski definition) is 3. The molecule has 4 aliphatic rings. The van der Waals surface area contributed by atoms with Crippen LogP contribution in [-0.2, 0) is 4.79 Å². The van der Waals surface area contributed by atoms with Crippen LogP contribution >= 0.6 is 12.6 Å². The number of thiol groups is 1. The van der Waals surface area contributed by atoms with Gasteiger partial charge in [-0.15, -0.1) is 12.6 Å². The van der Waals surface area contributed by atoms with Crippen molar-refractivity contribution in [2.24, 2.45) is 28.6 Å². The predicted molar refractivity (Wildman–Crippen MR) is 133 cm³/mol. The maximum Gasteiger partial charge on any atom is 0.194 e. The van der Waals surface area contributed by atoms with E-state index in [1.54, 1.807) is 5.57 Å². The summed E-state index contributed by atoms with van der Waals surface area (Å²) in [4.78, 5) is 11.8. The smallest absolute Gasteiger partial charge is 0.194 e. The zero-order chi connectivity index (χ0) is 23.1. The first-order valence-corrected chi connectivity index (χ1v) is 13.0. The number of allylic oxidation sites excluding steroid dienone is 4. The maximum atomic E-state index is 11.8. The number of hydrogen-bond donors (Lipinski definition) is 3. The van der Waals surface area contributed by atoms with Crippen molar-refractivity contribution in [3.8, 4) is 0 Å². The van der Waals surface area contributed by atoms with Gasteiger partial charge in [-0.1, -0.05) is 55.9 Å². The molecule has 0 radical (unpaired) electrons.